The van der Waals surface area contributed by atoms with Crippen molar-refractivity contribution in [3.05, 3.63) is 77.0 Å². The van der Waals surface area contributed by atoms with E-state index in [-0.39, 0.29) is 36.3 Å². The van der Waals surface area contributed by atoms with Crippen molar-refractivity contribution in [2.45, 2.75) is 32.1 Å². The van der Waals surface area contributed by atoms with E-state index in [1.165, 1.54) is 12.1 Å². The first kappa shape index (κ1) is 28.9. The number of benzene rings is 2. The summed E-state index contributed by atoms with van der Waals surface area (Å²) in [5, 5.41) is 2.58. The van der Waals surface area contributed by atoms with Crippen molar-refractivity contribution < 1.29 is 13.2 Å². The van der Waals surface area contributed by atoms with Gasteiger partial charge in [-0.1, -0.05) is 29.8 Å². The number of amides is 2. The molecule has 192 valence electrons. The molecule has 0 aliphatic carbocycles. The molecule has 0 aliphatic heterocycles. The lowest BCUT2D eigenvalue weighted by molar-refractivity contribution is 0.246. The summed E-state index contributed by atoms with van der Waals surface area (Å²) in [7, 11) is -3.92. The number of carbonyl (C=O) groups is 1. The average Bonchev–Trinajstić information content (AvgIpc) is 3.10. The molecule has 0 saturated heterocycles. The zero-order valence-electron chi connectivity index (χ0n) is 20.0. The van der Waals surface area contributed by atoms with Gasteiger partial charge in [-0.15, -0.1) is 24.8 Å². The molecule has 12 heteroatoms. The van der Waals surface area contributed by atoms with Crippen LogP contribution in [0.4, 0.5) is 10.7 Å². The van der Waals surface area contributed by atoms with E-state index < -0.39 is 16.1 Å². The van der Waals surface area contributed by atoms with Gasteiger partial charge in [0.25, 0.3) is 10.0 Å². The van der Waals surface area contributed by atoms with E-state index in [1.54, 1.807) is 16.7 Å². The lowest BCUT2D eigenvalue weighted by atomic mass is 10.1. The van der Waals surface area contributed by atoms with Crippen molar-refractivity contribution in [3.8, 4) is 5.69 Å². The fraction of sp³-hybridized carbons (Fsp3) is 0.208. The highest BCUT2D eigenvalue weighted by molar-refractivity contribution is 7.90. The summed E-state index contributed by atoms with van der Waals surface area (Å²) in [6, 6.07) is 15.1. The van der Waals surface area contributed by atoms with Crippen LogP contribution in [0.3, 0.4) is 0 Å². The van der Waals surface area contributed by atoms with Gasteiger partial charge in [0.05, 0.1) is 10.6 Å². The van der Waals surface area contributed by atoms with Gasteiger partial charge < -0.3 is 11.1 Å². The second kappa shape index (κ2) is 11.6. The highest BCUT2D eigenvalue weighted by atomic mass is 35.5. The van der Waals surface area contributed by atoms with Crippen molar-refractivity contribution in [2.24, 2.45) is 0 Å². The molecule has 0 bridgehead atoms. The maximum absolute atomic E-state index is 12.3. The van der Waals surface area contributed by atoms with E-state index in [9.17, 15) is 13.2 Å². The van der Waals surface area contributed by atoms with Crippen LogP contribution in [0, 0.1) is 20.8 Å². The predicted octanol–water partition coefficient (Wildman–Crippen LogP) is 4.00. The Kier molecular flexibility index (Phi) is 9.31. The quantitative estimate of drug-likeness (QED) is 0.332. The summed E-state index contributed by atoms with van der Waals surface area (Å²) >= 11 is 0. The van der Waals surface area contributed by atoms with E-state index in [0.29, 0.717) is 18.0 Å². The zero-order valence-corrected chi connectivity index (χ0v) is 22.4. The predicted molar refractivity (Wildman–Crippen MR) is 146 cm³/mol. The minimum Gasteiger partial charge on any atom is -0.369 e. The number of nitrogens with two attached hydrogens (primary N) is 1. The monoisotopic (exact) mass is 550 g/mol. The van der Waals surface area contributed by atoms with Crippen LogP contribution in [-0.2, 0) is 16.4 Å². The van der Waals surface area contributed by atoms with Gasteiger partial charge in [-0.3, -0.25) is 4.57 Å². The van der Waals surface area contributed by atoms with E-state index in [0.717, 1.165) is 33.6 Å². The second-order valence-corrected chi connectivity index (χ2v) is 9.83. The number of halogens is 2. The van der Waals surface area contributed by atoms with Crippen LogP contribution < -0.4 is 15.8 Å². The number of anilines is 1. The Morgan fingerprint density at radius 2 is 1.61 bits per heavy atom. The number of hydrogen-bond donors (Lipinski definition) is 3. The summed E-state index contributed by atoms with van der Waals surface area (Å²) in [5.74, 6) is 0.358. The van der Waals surface area contributed by atoms with Crippen molar-refractivity contribution in [1.82, 2.24) is 24.6 Å². The number of pyridine rings is 1. The minimum atomic E-state index is -3.92. The van der Waals surface area contributed by atoms with E-state index in [4.69, 9.17) is 5.73 Å². The van der Waals surface area contributed by atoms with Crippen LogP contribution in [0.1, 0.15) is 22.4 Å². The Bertz CT molecular complexity index is 1470. The molecular weight excluding hydrogens is 523 g/mol. The smallest absolute Gasteiger partial charge is 0.328 e. The molecule has 2 amide bonds. The van der Waals surface area contributed by atoms with Gasteiger partial charge in [0.2, 0.25) is 5.95 Å². The van der Waals surface area contributed by atoms with E-state index >= 15 is 0 Å². The number of nitrogens with zero attached hydrogens (tertiary/aromatic N) is 3. The molecule has 0 radical (unpaired) electrons. The molecule has 4 N–H and O–H groups in total. The molecule has 0 aliphatic rings. The maximum atomic E-state index is 12.3. The first-order chi connectivity index (χ1) is 16.1. The topological polar surface area (TPSA) is 132 Å². The van der Waals surface area contributed by atoms with Crippen molar-refractivity contribution in [3.63, 3.8) is 0 Å². The molecule has 0 unspecified atom stereocenters. The molecule has 0 saturated carbocycles. The van der Waals surface area contributed by atoms with Gasteiger partial charge in [0.1, 0.15) is 5.52 Å². The number of nitrogens with one attached hydrogen (secondary N) is 2. The lowest BCUT2D eigenvalue weighted by Crippen LogP contribution is -2.40. The van der Waals surface area contributed by atoms with Crippen molar-refractivity contribution in [2.75, 3.05) is 12.3 Å². The third-order valence-corrected chi connectivity index (χ3v) is 6.76. The number of aromatic nitrogens is 3. The van der Waals surface area contributed by atoms with Crippen molar-refractivity contribution >= 4 is 58.0 Å². The summed E-state index contributed by atoms with van der Waals surface area (Å²) < 4.78 is 28.4. The normalized spacial score (nSPS) is 10.9. The summed E-state index contributed by atoms with van der Waals surface area (Å²) in [6.45, 7) is 6.03. The summed E-state index contributed by atoms with van der Waals surface area (Å²) in [4.78, 5) is 21.2. The van der Waals surface area contributed by atoms with Gasteiger partial charge in [-0.25, -0.2) is 27.9 Å². The number of carbonyl (C=O) groups excluding carboxylic acids is 1. The van der Waals surface area contributed by atoms with Gasteiger partial charge in [0, 0.05) is 12.2 Å². The summed E-state index contributed by atoms with van der Waals surface area (Å²) in [6.07, 6.45) is 0.523. The van der Waals surface area contributed by atoms with Crippen LogP contribution in [0.15, 0.2) is 59.5 Å². The Balaban J connectivity index is 0.00000228. The van der Waals surface area contributed by atoms with Crippen LogP contribution in [-0.4, -0.2) is 35.5 Å². The zero-order chi connectivity index (χ0) is 24.5. The molecule has 0 fully saturated rings. The highest BCUT2D eigenvalue weighted by Crippen LogP contribution is 2.24. The first-order valence-electron chi connectivity index (χ1n) is 10.7. The SMILES string of the molecule is Cc1ccc(S(=O)(=O)NC(=O)NCCc2ccc(-n3c(N)nc4c(C)cc(C)nc43)cc2)cc1.Cl.Cl. The molecule has 2 aromatic carbocycles. The molecule has 2 aromatic heterocycles. The Hall–Kier alpha value is -3.34. The van der Waals surface area contributed by atoms with Crippen LogP contribution in [0.25, 0.3) is 16.9 Å². The first-order valence-corrected chi connectivity index (χ1v) is 12.2. The number of fused-ring (bicyclic) bond motifs is 1. The van der Waals surface area contributed by atoms with Crippen LogP contribution in [0.2, 0.25) is 0 Å². The molecule has 2 heterocycles. The lowest BCUT2D eigenvalue weighted by Gasteiger charge is -2.10. The second-order valence-electron chi connectivity index (χ2n) is 8.15. The highest BCUT2D eigenvalue weighted by Gasteiger charge is 2.17. The fourth-order valence-corrected chi connectivity index (χ4v) is 4.63. The number of aryl methyl sites for hydroxylation is 3. The van der Waals surface area contributed by atoms with Crippen molar-refractivity contribution in [1.29, 1.82) is 0 Å². The van der Waals surface area contributed by atoms with Gasteiger partial charge >= 0.3 is 6.03 Å². The van der Waals surface area contributed by atoms with Crippen LogP contribution in [0.5, 0.6) is 0 Å². The standard InChI is InChI=1S/C24H26N6O3S.2ClH/c1-15-4-10-20(11-5-15)34(32,33)29-24(31)26-13-12-18-6-8-19(9-7-18)30-22-21(28-23(30)25)16(2)14-17(3)27-22;;/h4-11,14H,12-13H2,1-3H3,(H2,25,28)(H2,26,29,31);2*1H. The number of urea groups is 1. The molecule has 0 atom stereocenters. The molecule has 4 rings (SSSR count). The molecule has 9 nitrogen and oxygen atoms in total. The minimum absolute atomic E-state index is 0. The molecule has 0 spiro atoms. The van der Waals surface area contributed by atoms with Gasteiger partial charge in [0.15, 0.2) is 5.65 Å². The Labute approximate surface area is 222 Å². The third kappa shape index (κ3) is 6.26. The average molecular weight is 552 g/mol. The van der Waals surface area contributed by atoms with Crippen LogP contribution >= 0.6 is 24.8 Å². The number of imidazole rings is 1. The van der Waals surface area contributed by atoms with Gasteiger partial charge in [-0.05, 0) is 68.7 Å². The molecule has 4 aromatic rings. The third-order valence-electron chi connectivity index (χ3n) is 5.41. The fourth-order valence-electron chi connectivity index (χ4n) is 3.70. The van der Waals surface area contributed by atoms with E-state index in [1.807, 2.05) is 55.8 Å². The molecular formula is C24H28Cl2N6O3S. The Morgan fingerprint density at radius 1 is 0.972 bits per heavy atom. The summed E-state index contributed by atoms with van der Waals surface area (Å²) in [5.41, 5.74) is 12.3. The Morgan fingerprint density at radius 3 is 2.25 bits per heavy atom. The molecule has 36 heavy (non-hydrogen) atoms. The van der Waals surface area contributed by atoms with E-state index in [2.05, 4.69) is 15.3 Å². The number of hydrogen-bond acceptors (Lipinski definition) is 6. The van der Waals surface area contributed by atoms with Gasteiger partial charge in [-0.2, -0.15) is 0 Å². The maximum Gasteiger partial charge on any atom is 0.328 e. The number of rotatable bonds is 6. The number of nitrogen functional groups attached to an aromatic ring is 1. The largest absolute Gasteiger partial charge is 0.369 e. The number of sulfonamides is 1.